The van der Waals surface area contributed by atoms with Crippen LogP contribution in [0.15, 0.2) is 12.1 Å². The Kier molecular flexibility index (Phi) is 3.35. The summed E-state index contributed by atoms with van der Waals surface area (Å²) in [6, 6.07) is 3.18. The van der Waals surface area contributed by atoms with Crippen LogP contribution in [0.4, 0.5) is 5.82 Å². The van der Waals surface area contributed by atoms with Gasteiger partial charge < -0.3 is 10.6 Å². The number of fused-ring (bicyclic) bond motifs is 1. The van der Waals surface area contributed by atoms with Gasteiger partial charge in [-0.25, -0.2) is 0 Å². The Bertz CT molecular complexity index is 550. The van der Waals surface area contributed by atoms with Crippen molar-refractivity contribution in [1.29, 1.82) is 0 Å². The van der Waals surface area contributed by atoms with Gasteiger partial charge in [0.05, 0.1) is 0 Å². The molecule has 0 saturated carbocycles. The van der Waals surface area contributed by atoms with Crippen LogP contribution in [0.3, 0.4) is 0 Å². The number of aromatic nitrogens is 5. The number of nitrogens with zero attached hydrogens (tertiary/aromatic N) is 5. The number of hydrogen-bond donors (Lipinski definition) is 2. The molecule has 2 N–H and O–H groups in total. The molecule has 2 rings (SSSR count). The van der Waals surface area contributed by atoms with E-state index in [2.05, 4.69) is 31.3 Å². The first kappa shape index (κ1) is 12.2. The highest BCUT2D eigenvalue weighted by atomic mass is 16.2. The third kappa shape index (κ3) is 2.70. The van der Waals surface area contributed by atoms with Crippen LogP contribution in [0.2, 0.25) is 0 Å². The highest BCUT2D eigenvalue weighted by Gasteiger charge is 2.14. The molecule has 2 aromatic rings. The predicted molar refractivity (Wildman–Crippen MR) is 64.9 cm³/mol. The van der Waals surface area contributed by atoms with Crippen LogP contribution in [0.5, 0.6) is 0 Å². The molecule has 1 atom stereocenters. The third-order valence-corrected chi connectivity index (χ3v) is 2.26. The maximum atomic E-state index is 11.7. The lowest BCUT2D eigenvalue weighted by Gasteiger charge is -2.16. The standard InChI is InChI=1S/C10H15N7O/c1-6(2)11-10(18)7(3)12-8-4-5-9-13-15-16-17(9)14-8/h4-7H,1-3H3,(H,11,18)(H,12,14). The van der Waals surface area contributed by atoms with Crippen molar-refractivity contribution in [2.45, 2.75) is 32.9 Å². The molecular formula is C10H15N7O. The number of tetrazole rings is 1. The van der Waals surface area contributed by atoms with Gasteiger partial charge >= 0.3 is 0 Å². The Morgan fingerprint density at radius 1 is 1.33 bits per heavy atom. The molecule has 18 heavy (non-hydrogen) atoms. The Morgan fingerprint density at radius 2 is 2.11 bits per heavy atom. The molecule has 96 valence electrons. The van der Waals surface area contributed by atoms with Gasteiger partial charge in [-0.15, -0.1) is 14.8 Å². The van der Waals surface area contributed by atoms with Crippen LogP contribution in [-0.4, -0.2) is 43.2 Å². The minimum Gasteiger partial charge on any atom is -0.357 e. The Hall–Kier alpha value is -2.25. The number of carbonyl (C=O) groups is 1. The summed E-state index contributed by atoms with van der Waals surface area (Å²) in [6.07, 6.45) is 0. The molecule has 0 aliphatic rings. The third-order valence-electron chi connectivity index (χ3n) is 2.26. The monoisotopic (exact) mass is 249 g/mol. The second-order valence-corrected chi connectivity index (χ2v) is 4.27. The van der Waals surface area contributed by atoms with Crippen LogP contribution in [-0.2, 0) is 4.79 Å². The maximum Gasteiger partial charge on any atom is 0.242 e. The summed E-state index contributed by atoms with van der Waals surface area (Å²) in [4.78, 5) is 11.7. The van der Waals surface area contributed by atoms with Gasteiger partial charge in [0.25, 0.3) is 0 Å². The zero-order valence-electron chi connectivity index (χ0n) is 10.5. The maximum absolute atomic E-state index is 11.7. The van der Waals surface area contributed by atoms with Crippen molar-refractivity contribution in [2.24, 2.45) is 0 Å². The zero-order valence-corrected chi connectivity index (χ0v) is 10.5. The van der Waals surface area contributed by atoms with Crippen molar-refractivity contribution in [3.05, 3.63) is 12.1 Å². The summed E-state index contributed by atoms with van der Waals surface area (Å²) >= 11 is 0. The van der Waals surface area contributed by atoms with E-state index in [0.717, 1.165) is 0 Å². The number of rotatable bonds is 4. The van der Waals surface area contributed by atoms with Gasteiger partial charge in [-0.1, -0.05) is 0 Å². The van der Waals surface area contributed by atoms with Crippen molar-refractivity contribution in [3.63, 3.8) is 0 Å². The average Bonchev–Trinajstić information content (AvgIpc) is 2.75. The van der Waals surface area contributed by atoms with E-state index in [9.17, 15) is 4.79 Å². The number of nitrogens with one attached hydrogen (secondary N) is 2. The van der Waals surface area contributed by atoms with Crippen molar-refractivity contribution < 1.29 is 4.79 Å². The normalized spacial score (nSPS) is 12.7. The van der Waals surface area contributed by atoms with Gasteiger partial charge in [0.1, 0.15) is 11.9 Å². The summed E-state index contributed by atoms with van der Waals surface area (Å²) in [7, 11) is 0. The fourth-order valence-corrected chi connectivity index (χ4v) is 1.42. The molecular weight excluding hydrogens is 234 g/mol. The van der Waals surface area contributed by atoms with Crippen molar-refractivity contribution in [2.75, 3.05) is 5.32 Å². The molecule has 0 radical (unpaired) electrons. The van der Waals surface area contributed by atoms with Crippen molar-refractivity contribution in [1.82, 2.24) is 30.6 Å². The van der Waals surface area contributed by atoms with Crippen LogP contribution in [0.1, 0.15) is 20.8 Å². The molecule has 0 aliphatic carbocycles. The summed E-state index contributed by atoms with van der Waals surface area (Å²) in [5, 5.41) is 20.9. The molecule has 2 heterocycles. The fraction of sp³-hybridized carbons (Fsp3) is 0.500. The molecule has 0 saturated heterocycles. The van der Waals surface area contributed by atoms with Crippen LogP contribution < -0.4 is 10.6 Å². The quantitative estimate of drug-likeness (QED) is 0.781. The molecule has 1 unspecified atom stereocenters. The Balaban J connectivity index is 2.06. The molecule has 8 nitrogen and oxygen atoms in total. The van der Waals surface area contributed by atoms with Gasteiger partial charge in [0.2, 0.25) is 5.91 Å². The minimum atomic E-state index is -0.381. The van der Waals surface area contributed by atoms with Crippen molar-refractivity contribution in [3.8, 4) is 0 Å². The second kappa shape index (κ2) is 4.94. The van der Waals surface area contributed by atoms with E-state index >= 15 is 0 Å². The number of carbonyl (C=O) groups excluding carboxylic acids is 1. The molecule has 1 amide bonds. The summed E-state index contributed by atoms with van der Waals surface area (Å²) in [5.41, 5.74) is 0.555. The van der Waals surface area contributed by atoms with Gasteiger partial charge in [-0.3, -0.25) is 4.79 Å². The molecule has 0 aliphatic heterocycles. The molecule has 8 heteroatoms. The SMILES string of the molecule is CC(C)NC(=O)C(C)Nc1ccc2nnnn2n1. The summed E-state index contributed by atoms with van der Waals surface area (Å²) in [6.45, 7) is 5.59. The van der Waals surface area contributed by atoms with Crippen LogP contribution >= 0.6 is 0 Å². The number of hydrogen-bond acceptors (Lipinski definition) is 6. The summed E-state index contributed by atoms with van der Waals surface area (Å²) < 4.78 is 1.30. The first-order valence-corrected chi connectivity index (χ1v) is 5.68. The minimum absolute atomic E-state index is 0.0800. The highest BCUT2D eigenvalue weighted by molar-refractivity contribution is 5.84. The van der Waals surface area contributed by atoms with Gasteiger partial charge in [0.15, 0.2) is 5.65 Å². The van der Waals surface area contributed by atoms with Gasteiger partial charge in [-0.2, -0.15) is 0 Å². The van der Waals surface area contributed by atoms with E-state index in [1.54, 1.807) is 19.1 Å². The number of anilines is 1. The first-order valence-electron chi connectivity index (χ1n) is 5.68. The topological polar surface area (TPSA) is 97.1 Å². The largest absolute Gasteiger partial charge is 0.357 e. The van der Waals surface area contributed by atoms with E-state index in [1.165, 1.54) is 4.63 Å². The molecule has 0 bridgehead atoms. The zero-order chi connectivity index (χ0) is 13.1. The Morgan fingerprint density at radius 3 is 2.83 bits per heavy atom. The van der Waals surface area contributed by atoms with E-state index in [0.29, 0.717) is 11.5 Å². The Labute approximate surface area is 104 Å². The highest BCUT2D eigenvalue weighted by Crippen LogP contribution is 2.05. The molecule has 0 spiro atoms. The molecule has 2 aromatic heterocycles. The van der Waals surface area contributed by atoms with Gasteiger partial charge in [0, 0.05) is 6.04 Å². The lowest BCUT2D eigenvalue weighted by atomic mass is 10.3. The first-order chi connectivity index (χ1) is 8.56. The summed E-state index contributed by atoms with van der Waals surface area (Å²) in [5.74, 6) is 0.463. The smallest absolute Gasteiger partial charge is 0.242 e. The van der Waals surface area contributed by atoms with Crippen LogP contribution in [0, 0.1) is 0 Å². The van der Waals surface area contributed by atoms with Crippen molar-refractivity contribution >= 4 is 17.4 Å². The van der Waals surface area contributed by atoms with E-state index in [1.807, 2.05) is 13.8 Å². The van der Waals surface area contributed by atoms with Gasteiger partial charge in [-0.05, 0) is 43.3 Å². The average molecular weight is 249 g/mol. The van der Waals surface area contributed by atoms with E-state index in [-0.39, 0.29) is 18.0 Å². The molecule has 0 fully saturated rings. The van der Waals surface area contributed by atoms with E-state index in [4.69, 9.17) is 0 Å². The lowest BCUT2D eigenvalue weighted by Crippen LogP contribution is -2.41. The lowest BCUT2D eigenvalue weighted by molar-refractivity contribution is -0.122. The second-order valence-electron chi connectivity index (χ2n) is 4.27. The molecule has 0 aromatic carbocycles. The fourth-order valence-electron chi connectivity index (χ4n) is 1.42. The van der Waals surface area contributed by atoms with E-state index < -0.39 is 0 Å². The predicted octanol–water partition coefficient (Wildman–Crippen LogP) is -0.156. The van der Waals surface area contributed by atoms with Crippen LogP contribution in [0.25, 0.3) is 5.65 Å². The number of amides is 1.